The van der Waals surface area contributed by atoms with Gasteiger partial charge in [-0.2, -0.15) is 13.2 Å². The summed E-state index contributed by atoms with van der Waals surface area (Å²) in [6.45, 7) is 3.17. The van der Waals surface area contributed by atoms with Crippen LogP contribution < -0.4 is 10.1 Å². The highest BCUT2D eigenvalue weighted by molar-refractivity contribution is 5.81. The summed E-state index contributed by atoms with van der Waals surface area (Å²) in [4.78, 5) is 16.2. The van der Waals surface area contributed by atoms with Crippen molar-refractivity contribution in [3.63, 3.8) is 0 Å². The van der Waals surface area contributed by atoms with Crippen molar-refractivity contribution in [3.05, 3.63) is 59.4 Å². The lowest BCUT2D eigenvalue weighted by molar-refractivity contribution is -0.147. The van der Waals surface area contributed by atoms with Crippen molar-refractivity contribution in [2.24, 2.45) is 0 Å². The summed E-state index contributed by atoms with van der Waals surface area (Å²) < 4.78 is 46.3. The zero-order chi connectivity index (χ0) is 20.5. The predicted molar refractivity (Wildman–Crippen MR) is 99.0 cm³/mol. The molecule has 1 N–H and O–H groups in total. The van der Waals surface area contributed by atoms with Gasteiger partial charge in [-0.15, -0.1) is 0 Å². The average Bonchev–Trinajstić information content (AvgIpc) is 3.00. The van der Waals surface area contributed by atoms with Crippen LogP contribution in [0.15, 0.2) is 42.5 Å². The first-order valence-corrected chi connectivity index (χ1v) is 8.67. The molecule has 1 heterocycles. The molecule has 0 spiro atoms. The third-order valence-corrected chi connectivity index (χ3v) is 4.44. The number of aromatic nitrogens is 2. The molecule has 0 aliphatic heterocycles. The van der Waals surface area contributed by atoms with Gasteiger partial charge >= 0.3 is 6.18 Å². The number of halogens is 3. The predicted octanol–water partition coefficient (Wildman–Crippen LogP) is 4.25. The van der Waals surface area contributed by atoms with Crippen molar-refractivity contribution >= 4 is 16.9 Å². The van der Waals surface area contributed by atoms with Crippen molar-refractivity contribution < 1.29 is 22.7 Å². The molecular weight excluding hydrogens is 371 g/mol. The molecule has 0 aliphatic rings. The van der Waals surface area contributed by atoms with Crippen molar-refractivity contribution in [2.45, 2.75) is 32.6 Å². The molecule has 148 valence electrons. The van der Waals surface area contributed by atoms with E-state index in [1.807, 2.05) is 19.1 Å². The monoisotopic (exact) mass is 391 g/mol. The van der Waals surface area contributed by atoms with Gasteiger partial charge in [0.2, 0.25) is 11.7 Å². The van der Waals surface area contributed by atoms with Gasteiger partial charge in [0.25, 0.3) is 0 Å². The highest BCUT2D eigenvalue weighted by Crippen LogP contribution is 2.31. The summed E-state index contributed by atoms with van der Waals surface area (Å²) >= 11 is 0. The van der Waals surface area contributed by atoms with Gasteiger partial charge in [-0.25, -0.2) is 4.98 Å². The van der Waals surface area contributed by atoms with Crippen LogP contribution in [0.25, 0.3) is 11.0 Å². The van der Waals surface area contributed by atoms with E-state index < -0.39 is 30.5 Å². The van der Waals surface area contributed by atoms with E-state index >= 15 is 0 Å². The largest absolute Gasteiger partial charge is 0.496 e. The number of alkyl halides is 3. The quantitative estimate of drug-likeness (QED) is 0.708. The number of imidazole rings is 1. The maximum absolute atomic E-state index is 13.4. The molecule has 2 aromatic carbocycles. The minimum absolute atomic E-state index is 0.191. The number of nitrogens with one attached hydrogen (secondary N) is 1. The summed E-state index contributed by atoms with van der Waals surface area (Å²) in [5.74, 6) is -1.04. The maximum Gasteiger partial charge on any atom is 0.449 e. The minimum Gasteiger partial charge on any atom is -0.496 e. The molecule has 0 bridgehead atoms. The second kappa shape index (κ2) is 7.53. The van der Waals surface area contributed by atoms with Gasteiger partial charge < -0.3 is 14.6 Å². The van der Waals surface area contributed by atoms with Gasteiger partial charge in [0.05, 0.1) is 24.2 Å². The number of carbonyl (C=O) groups excluding carboxylic acids is 1. The summed E-state index contributed by atoms with van der Waals surface area (Å²) in [6, 6.07) is 11.3. The molecule has 1 amide bonds. The van der Waals surface area contributed by atoms with Crippen LogP contribution >= 0.6 is 0 Å². The number of aryl methyl sites for hydroxylation is 1. The molecule has 5 nitrogen and oxygen atoms in total. The summed E-state index contributed by atoms with van der Waals surface area (Å²) in [5, 5.41) is 2.74. The van der Waals surface area contributed by atoms with Gasteiger partial charge in [-0.3, -0.25) is 4.79 Å². The standard InChI is InChI=1S/C20H20F3N3O2/c1-12-8-9-17(28-3)14(10-12)13(2)24-18(27)11-26-16-7-5-4-6-15(16)25-19(26)20(21,22)23/h4-10,13H,11H2,1-3H3,(H,24,27)/t13-/m1/s1. The Bertz CT molecular complexity index is 1010. The number of benzene rings is 2. The number of carbonyl (C=O) groups is 1. The Morgan fingerprint density at radius 2 is 1.96 bits per heavy atom. The van der Waals surface area contributed by atoms with E-state index in [9.17, 15) is 18.0 Å². The van der Waals surface area contributed by atoms with E-state index in [1.165, 1.54) is 19.2 Å². The van der Waals surface area contributed by atoms with Crippen LogP contribution in [0.4, 0.5) is 13.2 Å². The molecule has 8 heteroatoms. The van der Waals surface area contributed by atoms with Crippen LogP contribution in [0.1, 0.15) is 29.9 Å². The fourth-order valence-corrected chi connectivity index (χ4v) is 3.15. The third-order valence-electron chi connectivity index (χ3n) is 4.44. The van der Waals surface area contributed by atoms with Gasteiger partial charge in [0.1, 0.15) is 12.3 Å². The molecule has 0 fully saturated rings. The molecule has 0 saturated heterocycles. The highest BCUT2D eigenvalue weighted by atomic mass is 19.4. The molecule has 1 atom stereocenters. The fourth-order valence-electron chi connectivity index (χ4n) is 3.15. The lowest BCUT2D eigenvalue weighted by Crippen LogP contribution is -2.31. The number of amides is 1. The summed E-state index contributed by atoms with van der Waals surface area (Å²) in [6.07, 6.45) is -4.66. The number of ether oxygens (including phenoxy) is 1. The number of hydrogen-bond acceptors (Lipinski definition) is 3. The molecule has 0 unspecified atom stereocenters. The van der Waals surface area contributed by atoms with E-state index in [0.29, 0.717) is 5.75 Å². The number of fused-ring (bicyclic) bond motifs is 1. The van der Waals surface area contributed by atoms with Crippen molar-refractivity contribution in [2.75, 3.05) is 7.11 Å². The number of hydrogen-bond donors (Lipinski definition) is 1. The van der Waals surface area contributed by atoms with Crippen LogP contribution in [-0.4, -0.2) is 22.6 Å². The van der Waals surface area contributed by atoms with E-state index in [4.69, 9.17) is 4.74 Å². The Hall–Kier alpha value is -3.03. The Morgan fingerprint density at radius 1 is 1.25 bits per heavy atom. The summed E-state index contributed by atoms with van der Waals surface area (Å²) in [5.41, 5.74) is 2.18. The second-order valence-electron chi connectivity index (χ2n) is 6.54. The SMILES string of the molecule is COc1ccc(C)cc1[C@@H](C)NC(=O)Cn1c(C(F)(F)F)nc2ccccc21. The van der Waals surface area contributed by atoms with Gasteiger partial charge in [-0.05, 0) is 32.0 Å². The zero-order valence-corrected chi connectivity index (χ0v) is 15.7. The van der Waals surface area contributed by atoms with E-state index in [2.05, 4.69) is 10.3 Å². The number of rotatable bonds is 5. The Kier molecular flexibility index (Phi) is 5.31. The first kappa shape index (κ1) is 19.7. The van der Waals surface area contributed by atoms with Gasteiger partial charge in [0, 0.05) is 5.56 Å². The molecule has 3 aromatic rings. The zero-order valence-electron chi connectivity index (χ0n) is 15.7. The van der Waals surface area contributed by atoms with Crippen LogP contribution in [-0.2, 0) is 17.5 Å². The first-order valence-electron chi connectivity index (χ1n) is 8.67. The molecule has 1 aromatic heterocycles. The number of methoxy groups -OCH3 is 1. The fraction of sp³-hybridized carbons (Fsp3) is 0.300. The van der Waals surface area contributed by atoms with Crippen molar-refractivity contribution in [3.8, 4) is 5.75 Å². The average molecular weight is 391 g/mol. The van der Waals surface area contributed by atoms with Crippen LogP contribution in [0, 0.1) is 6.92 Å². The molecule has 0 saturated carbocycles. The number of para-hydroxylation sites is 2. The van der Waals surface area contributed by atoms with Crippen LogP contribution in [0.2, 0.25) is 0 Å². The summed E-state index contributed by atoms with van der Waals surface area (Å²) in [7, 11) is 1.52. The Morgan fingerprint density at radius 3 is 2.64 bits per heavy atom. The maximum atomic E-state index is 13.4. The lowest BCUT2D eigenvalue weighted by atomic mass is 10.0. The number of nitrogens with zero attached hydrogens (tertiary/aromatic N) is 2. The highest BCUT2D eigenvalue weighted by Gasteiger charge is 2.38. The molecule has 0 radical (unpaired) electrons. The minimum atomic E-state index is -4.66. The third kappa shape index (κ3) is 3.95. The van der Waals surface area contributed by atoms with E-state index in [-0.39, 0.29) is 11.0 Å². The normalized spacial score (nSPS) is 12.8. The van der Waals surface area contributed by atoms with Gasteiger partial charge in [0.15, 0.2) is 0 Å². The first-order chi connectivity index (χ1) is 13.2. The van der Waals surface area contributed by atoms with Crippen LogP contribution in [0.3, 0.4) is 0 Å². The smallest absolute Gasteiger partial charge is 0.449 e. The lowest BCUT2D eigenvalue weighted by Gasteiger charge is -2.19. The van der Waals surface area contributed by atoms with E-state index in [1.54, 1.807) is 25.1 Å². The molecular formula is C20H20F3N3O2. The Labute approximate surface area is 160 Å². The van der Waals surface area contributed by atoms with Crippen molar-refractivity contribution in [1.29, 1.82) is 0 Å². The van der Waals surface area contributed by atoms with Gasteiger partial charge in [-0.1, -0.05) is 29.8 Å². The molecule has 3 rings (SSSR count). The topological polar surface area (TPSA) is 56.1 Å². The van der Waals surface area contributed by atoms with Crippen LogP contribution in [0.5, 0.6) is 5.75 Å². The Balaban J connectivity index is 1.87. The molecule has 28 heavy (non-hydrogen) atoms. The molecule has 0 aliphatic carbocycles. The second-order valence-corrected chi connectivity index (χ2v) is 6.54. The van der Waals surface area contributed by atoms with Crippen molar-refractivity contribution in [1.82, 2.24) is 14.9 Å². The van der Waals surface area contributed by atoms with E-state index in [0.717, 1.165) is 15.7 Å².